The van der Waals surface area contributed by atoms with E-state index in [-0.39, 0.29) is 23.5 Å². The number of aldehydes is 1. The van der Waals surface area contributed by atoms with E-state index in [0.717, 1.165) is 6.07 Å². The maximum atomic E-state index is 10.9. The molecule has 108 valence electrons. The summed E-state index contributed by atoms with van der Waals surface area (Å²) in [4.78, 5) is 31.5. The van der Waals surface area contributed by atoms with Crippen molar-refractivity contribution in [1.29, 1.82) is 0 Å². The van der Waals surface area contributed by atoms with Crippen LogP contribution in [0.2, 0.25) is 0 Å². The van der Waals surface area contributed by atoms with Crippen molar-refractivity contribution in [2.24, 2.45) is 0 Å². The summed E-state index contributed by atoms with van der Waals surface area (Å²) in [5.74, 6) is -0.927. The molecule has 8 heteroatoms. The van der Waals surface area contributed by atoms with Gasteiger partial charge < -0.3 is 14.6 Å². The largest absolute Gasteiger partial charge is 0.493 e. The van der Waals surface area contributed by atoms with Crippen LogP contribution in [0.15, 0.2) is 12.1 Å². The summed E-state index contributed by atoms with van der Waals surface area (Å²) in [6.07, 6.45) is -0.639. The zero-order valence-corrected chi connectivity index (χ0v) is 10.9. The van der Waals surface area contributed by atoms with E-state index in [0.29, 0.717) is 6.29 Å². The van der Waals surface area contributed by atoms with Gasteiger partial charge in [-0.2, -0.15) is 0 Å². The molecule has 0 unspecified atom stereocenters. The van der Waals surface area contributed by atoms with Crippen molar-refractivity contribution in [2.75, 3.05) is 7.11 Å². The zero-order chi connectivity index (χ0) is 15.3. The van der Waals surface area contributed by atoms with Gasteiger partial charge in [0.1, 0.15) is 6.10 Å². The van der Waals surface area contributed by atoms with E-state index in [1.807, 2.05) is 0 Å². The number of carboxylic acid groups (broad SMARTS) is 1. The van der Waals surface area contributed by atoms with E-state index in [9.17, 15) is 19.7 Å². The fraction of sp³-hybridized carbons (Fsp3) is 0.333. The summed E-state index contributed by atoms with van der Waals surface area (Å²) < 4.78 is 10.3. The minimum Gasteiger partial charge on any atom is -0.493 e. The van der Waals surface area contributed by atoms with Crippen LogP contribution in [0.4, 0.5) is 5.69 Å². The molecule has 0 saturated carbocycles. The summed E-state index contributed by atoms with van der Waals surface area (Å²) in [5, 5.41) is 19.5. The molecule has 1 aromatic carbocycles. The average molecular weight is 283 g/mol. The third kappa shape index (κ3) is 3.67. The molecule has 20 heavy (non-hydrogen) atoms. The van der Waals surface area contributed by atoms with Crippen molar-refractivity contribution in [3.05, 3.63) is 27.8 Å². The highest BCUT2D eigenvalue weighted by Crippen LogP contribution is 2.34. The quantitative estimate of drug-likeness (QED) is 0.459. The molecule has 1 rings (SSSR count). The average Bonchev–Trinajstić information content (AvgIpc) is 2.36. The summed E-state index contributed by atoms with van der Waals surface area (Å²) >= 11 is 0. The number of ether oxygens (including phenoxy) is 2. The number of hydrogen-bond donors (Lipinski definition) is 1. The van der Waals surface area contributed by atoms with Gasteiger partial charge in [-0.25, -0.2) is 0 Å². The maximum Gasteiger partial charge on any atom is 0.307 e. The second kappa shape index (κ2) is 6.50. The molecule has 1 N–H and O–H groups in total. The molecule has 0 bridgehead atoms. The van der Waals surface area contributed by atoms with Crippen molar-refractivity contribution in [2.45, 2.75) is 19.4 Å². The van der Waals surface area contributed by atoms with Crippen LogP contribution >= 0.6 is 0 Å². The van der Waals surface area contributed by atoms with Gasteiger partial charge in [-0.3, -0.25) is 19.7 Å². The van der Waals surface area contributed by atoms with Gasteiger partial charge in [0, 0.05) is 6.07 Å². The van der Waals surface area contributed by atoms with Crippen LogP contribution < -0.4 is 9.47 Å². The van der Waals surface area contributed by atoms with Crippen LogP contribution in [-0.2, 0) is 4.79 Å². The Morgan fingerprint density at radius 3 is 2.60 bits per heavy atom. The molecule has 0 aliphatic carbocycles. The second-order valence-corrected chi connectivity index (χ2v) is 3.96. The predicted octanol–water partition coefficient (Wildman–Crippen LogP) is 1.66. The van der Waals surface area contributed by atoms with Gasteiger partial charge in [0.15, 0.2) is 17.8 Å². The van der Waals surface area contributed by atoms with Crippen molar-refractivity contribution in [3.63, 3.8) is 0 Å². The highest BCUT2D eigenvalue weighted by molar-refractivity contribution is 5.83. The van der Waals surface area contributed by atoms with Crippen LogP contribution in [-0.4, -0.2) is 35.5 Å². The summed E-state index contributed by atoms with van der Waals surface area (Å²) in [7, 11) is 1.31. The Hall–Kier alpha value is -2.64. The summed E-state index contributed by atoms with van der Waals surface area (Å²) in [6, 6.07) is 2.22. The topological polar surface area (TPSA) is 116 Å². The van der Waals surface area contributed by atoms with Crippen LogP contribution in [0.3, 0.4) is 0 Å². The third-order valence-corrected chi connectivity index (χ3v) is 2.43. The molecule has 0 aliphatic rings. The van der Waals surface area contributed by atoms with Crippen molar-refractivity contribution >= 4 is 17.9 Å². The smallest absolute Gasteiger partial charge is 0.307 e. The van der Waals surface area contributed by atoms with Gasteiger partial charge in [0.25, 0.3) is 5.69 Å². The Labute approximate surface area is 114 Å². The van der Waals surface area contributed by atoms with Crippen LogP contribution in [0.25, 0.3) is 0 Å². The molecule has 0 saturated heterocycles. The van der Waals surface area contributed by atoms with Crippen molar-refractivity contribution in [3.8, 4) is 11.5 Å². The number of nitrogens with zero attached hydrogens (tertiary/aromatic N) is 1. The Bertz CT molecular complexity index is 541. The first-order valence-corrected chi connectivity index (χ1v) is 5.59. The standard InChI is InChI=1S/C12H13NO7/c1-7(3-12(15)16)20-11-5-9(13(17)18)8(6-14)4-10(11)19-2/h4-7H,3H2,1-2H3,(H,15,16)/t7-/m1/s1. The number of carbonyl (C=O) groups is 2. The molecule has 0 fully saturated rings. The maximum absolute atomic E-state index is 10.9. The van der Waals surface area contributed by atoms with E-state index in [4.69, 9.17) is 14.6 Å². The first-order valence-electron chi connectivity index (χ1n) is 5.59. The first-order chi connectivity index (χ1) is 9.38. The number of methoxy groups -OCH3 is 1. The number of hydrogen-bond acceptors (Lipinski definition) is 6. The molecule has 0 radical (unpaired) electrons. The lowest BCUT2D eigenvalue weighted by molar-refractivity contribution is -0.385. The number of carbonyl (C=O) groups excluding carboxylic acids is 1. The minimum absolute atomic E-state index is 0.0125. The first kappa shape index (κ1) is 15.4. The van der Waals surface area contributed by atoms with Gasteiger partial charge in [-0.05, 0) is 6.92 Å². The van der Waals surface area contributed by atoms with E-state index in [1.165, 1.54) is 20.1 Å². The number of rotatable bonds is 7. The Morgan fingerprint density at radius 1 is 1.50 bits per heavy atom. The van der Waals surface area contributed by atoms with Gasteiger partial charge in [-0.15, -0.1) is 0 Å². The molecule has 0 amide bonds. The van der Waals surface area contributed by atoms with E-state index in [2.05, 4.69) is 0 Å². The number of aliphatic carboxylic acids is 1. The summed E-state index contributed by atoms with van der Waals surface area (Å²) in [6.45, 7) is 1.51. The lowest BCUT2D eigenvalue weighted by atomic mass is 10.1. The van der Waals surface area contributed by atoms with Gasteiger partial charge >= 0.3 is 5.97 Å². The number of nitro groups is 1. The molecule has 1 atom stereocenters. The number of carboxylic acids is 1. The normalized spacial score (nSPS) is 11.5. The summed E-state index contributed by atoms with van der Waals surface area (Å²) in [5.41, 5.74) is -0.580. The van der Waals surface area contributed by atoms with E-state index < -0.39 is 22.7 Å². The molecule has 0 spiro atoms. The Kier molecular flexibility index (Phi) is 5.01. The SMILES string of the molecule is COc1cc(C=O)c([N+](=O)[O-])cc1O[C@H](C)CC(=O)O. The van der Waals surface area contributed by atoms with Crippen LogP contribution in [0, 0.1) is 10.1 Å². The molecule has 0 aromatic heterocycles. The van der Waals surface area contributed by atoms with Crippen LogP contribution in [0.5, 0.6) is 11.5 Å². The number of nitro benzene ring substituents is 1. The highest BCUT2D eigenvalue weighted by Gasteiger charge is 2.21. The predicted molar refractivity (Wildman–Crippen MR) is 67.4 cm³/mol. The highest BCUT2D eigenvalue weighted by atomic mass is 16.6. The molecule has 8 nitrogen and oxygen atoms in total. The minimum atomic E-state index is -1.06. The van der Waals surface area contributed by atoms with Crippen molar-refractivity contribution < 1.29 is 29.1 Å². The Morgan fingerprint density at radius 2 is 2.15 bits per heavy atom. The zero-order valence-electron chi connectivity index (χ0n) is 10.9. The number of benzene rings is 1. The van der Waals surface area contributed by atoms with Gasteiger partial charge in [-0.1, -0.05) is 0 Å². The molecule has 1 aromatic rings. The van der Waals surface area contributed by atoms with Gasteiger partial charge in [0.05, 0.1) is 30.1 Å². The molecular weight excluding hydrogens is 270 g/mol. The van der Waals surface area contributed by atoms with E-state index in [1.54, 1.807) is 0 Å². The van der Waals surface area contributed by atoms with Gasteiger partial charge in [0.2, 0.25) is 0 Å². The van der Waals surface area contributed by atoms with E-state index >= 15 is 0 Å². The lowest BCUT2D eigenvalue weighted by Gasteiger charge is -2.15. The molecular formula is C12H13NO7. The monoisotopic (exact) mass is 283 g/mol. The van der Waals surface area contributed by atoms with Crippen LogP contribution in [0.1, 0.15) is 23.7 Å². The Balaban J connectivity index is 3.17. The fourth-order valence-corrected chi connectivity index (χ4v) is 1.57. The lowest BCUT2D eigenvalue weighted by Crippen LogP contribution is -2.17. The fourth-order valence-electron chi connectivity index (χ4n) is 1.57. The second-order valence-electron chi connectivity index (χ2n) is 3.96. The molecule has 0 heterocycles. The van der Waals surface area contributed by atoms with Crippen molar-refractivity contribution in [1.82, 2.24) is 0 Å². The third-order valence-electron chi connectivity index (χ3n) is 2.43. The molecule has 0 aliphatic heterocycles.